The molecule has 1 aromatic heterocycles. The maximum Gasteiger partial charge on any atom is 0.219 e. The summed E-state index contributed by atoms with van der Waals surface area (Å²) in [6.07, 6.45) is 1.69. The van der Waals surface area contributed by atoms with Gasteiger partial charge >= 0.3 is 0 Å². The summed E-state index contributed by atoms with van der Waals surface area (Å²) in [6.45, 7) is 1.70. The van der Waals surface area contributed by atoms with Gasteiger partial charge in [-0.25, -0.2) is 9.37 Å². The van der Waals surface area contributed by atoms with E-state index >= 15 is 0 Å². The molecule has 0 aliphatic rings. The van der Waals surface area contributed by atoms with E-state index in [9.17, 15) is 4.39 Å². The van der Waals surface area contributed by atoms with Gasteiger partial charge in [-0.05, 0) is 24.1 Å². The quantitative estimate of drug-likeness (QED) is 0.791. The van der Waals surface area contributed by atoms with Crippen LogP contribution in [-0.4, -0.2) is 4.98 Å². The summed E-state index contributed by atoms with van der Waals surface area (Å²) in [4.78, 5) is 4.10. The van der Waals surface area contributed by atoms with Crippen LogP contribution in [0, 0.1) is 12.7 Å². The summed E-state index contributed by atoms with van der Waals surface area (Å²) >= 11 is 3.33. The van der Waals surface area contributed by atoms with Gasteiger partial charge in [0.15, 0.2) is 11.6 Å². The van der Waals surface area contributed by atoms with Crippen molar-refractivity contribution in [3.63, 3.8) is 0 Å². The third-order valence-electron chi connectivity index (χ3n) is 2.32. The first kappa shape index (κ1) is 12.0. The van der Waals surface area contributed by atoms with Crippen LogP contribution >= 0.6 is 15.9 Å². The molecule has 0 saturated heterocycles. The van der Waals surface area contributed by atoms with E-state index < -0.39 is 0 Å². The van der Waals surface area contributed by atoms with Crippen molar-refractivity contribution in [1.82, 2.24) is 4.98 Å². The molecule has 1 heterocycles. The largest absolute Gasteiger partial charge is 0.436 e. The van der Waals surface area contributed by atoms with E-state index in [1.807, 2.05) is 6.07 Å². The first-order valence-corrected chi connectivity index (χ1v) is 6.26. The molecule has 0 atom stereocenters. The SMILES string of the molecule is Cc1cccc(Oc2ccc(CBr)cn2)c1F. The Bertz CT molecular complexity index is 513. The maximum atomic E-state index is 13.7. The summed E-state index contributed by atoms with van der Waals surface area (Å²) in [7, 11) is 0. The van der Waals surface area contributed by atoms with Gasteiger partial charge in [0.05, 0.1) is 0 Å². The van der Waals surface area contributed by atoms with Gasteiger partial charge < -0.3 is 4.74 Å². The Balaban J connectivity index is 2.22. The minimum atomic E-state index is -0.348. The Morgan fingerprint density at radius 2 is 2.12 bits per heavy atom. The summed E-state index contributed by atoms with van der Waals surface area (Å²) in [5.74, 6) is 0.238. The highest BCUT2D eigenvalue weighted by Crippen LogP contribution is 2.24. The zero-order valence-electron chi connectivity index (χ0n) is 9.28. The van der Waals surface area contributed by atoms with Crippen molar-refractivity contribution in [1.29, 1.82) is 0 Å². The second-order valence-electron chi connectivity index (χ2n) is 3.63. The highest BCUT2D eigenvalue weighted by atomic mass is 79.9. The lowest BCUT2D eigenvalue weighted by Gasteiger charge is -2.07. The number of benzene rings is 1. The lowest BCUT2D eigenvalue weighted by atomic mass is 10.2. The van der Waals surface area contributed by atoms with Crippen LogP contribution in [0.25, 0.3) is 0 Å². The van der Waals surface area contributed by atoms with Gasteiger partial charge in [0.2, 0.25) is 5.88 Å². The van der Waals surface area contributed by atoms with Crippen LogP contribution in [0.5, 0.6) is 11.6 Å². The molecule has 0 fully saturated rings. The summed E-state index contributed by atoms with van der Waals surface area (Å²) in [5.41, 5.74) is 1.60. The van der Waals surface area contributed by atoms with Crippen LogP contribution in [0.4, 0.5) is 4.39 Å². The number of aromatic nitrogens is 1. The molecule has 0 unspecified atom stereocenters. The standard InChI is InChI=1S/C13H11BrFNO/c1-9-3-2-4-11(13(9)15)17-12-6-5-10(7-14)8-16-12/h2-6,8H,7H2,1H3. The molecule has 88 valence electrons. The van der Waals surface area contributed by atoms with E-state index in [-0.39, 0.29) is 11.6 Å². The predicted octanol–water partition coefficient (Wildman–Crippen LogP) is 4.22. The fraction of sp³-hybridized carbons (Fsp3) is 0.154. The lowest BCUT2D eigenvalue weighted by Crippen LogP contribution is -1.93. The molecule has 0 radical (unpaired) electrons. The molecule has 2 nitrogen and oxygen atoms in total. The Hall–Kier alpha value is -1.42. The smallest absolute Gasteiger partial charge is 0.219 e. The maximum absolute atomic E-state index is 13.7. The zero-order valence-corrected chi connectivity index (χ0v) is 10.9. The van der Waals surface area contributed by atoms with Gasteiger partial charge in [-0.3, -0.25) is 0 Å². The average molecular weight is 296 g/mol. The van der Waals surface area contributed by atoms with E-state index in [0.29, 0.717) is 11.4 Å². The van der Waals surface area contributed by atoms with E-state index in [1.165, 1.54) is 0 Å². The third-order valence-corrected chi connectivity index (χ3v) is 2.97. The fourth-order valence-electron chi connectivity index (χ4n) is 1.36. The number of ether oxygens (including phenoxy) is 1. The highest BCUT2D eigenvalue weighted by Gasteiger charge is 2.07. The van der Waals surface area contributed by atoms with Gasteiger partial charge in [0.25, 0.3) is 0 Å². The topological polar surface area (TPSA) is 22.1 Å². The molecule has 0 bridgehead atoms. The minimum absolute atomic E-state index is 0.198. The molecular formula is C13H11BrFNO. The number of aryl methyl sites for hydroxylation is 1. The van der Waals surface area contributed by atoms with Crippen LogP contribution in [0.2, 0.25) is 0 Å². The number of halogens is 2. The first-order valence-electron chi connectivity index (χ1n) is 5.14. The van der Waals surface area contributed by atoms with Crippen LogP contribution < -0.4 is 4.74 Å². The molecule has 0 N–H and O–H groups in total. The Morgan fingerprint density at radius 3 is 2.76 bits per heavy atom. The predicted molar refractivity (Wildman–Crippen MR) is 68.1 cm³/mol. The van der Waals surface area contributed by atoms with Crippen LogP contribution in [-0.2, 0) is 5.33 Å². The van der Waals surface area contributed by atoms with Gasteiger partial charge in [0, 0.05) is 17.6 Å². The van der Waals surface area contributed by atoms with E-state index in [1.54, 1.807) is 37.4 Å². The minimum Gasteiger partial charge on any atom is -0.436 e. The van der Waals surface area contributed by atoms with Crippen LogP contribution in [0.15, 0.2) is 36.5 Å². The van der Waals surface area contributed by atoms with Crippen molar-refractivity contribution in [2.24, 2.45) is 0 Å². The second-order valence-corrected chi connectivity index (χ2v) is 4.19. The van der Waals surface area contributed by atoms with Gasteiger partial charge in [-0.15, -0.1) is 0 Å². The third kappa shape index (κ3) is 2.82. The molecule has 0 aliphatic carbocycles. The highest BCUT2D eigenvalue weighted by molar-refractivity contribution is 9.08. The van der Waals surface area contributed by atoms with E-state index in [4.69, 9.17) is 4.74 Å². The van der Waals surface area contributed by atoms with Crippen molar-refractivity contribution in [2.75, 3.05) is 0 Å². The van der Waals surface area contributed by atoms with E-state index in [0.717, 1.165) is 10.9 Å². The van der Waals surface area contributed by atoms with E-state index in [2.05, 4.69) is 20.9 Å². The Labute approximate surface area is 108 Å². The van der Waals surface area contributed by atoms with Crippen molar-refractivity contribution >= 4 is 15.9 Å². The molecule has 0 saturated carbocycles. The molecule has 2 rings (SSSR count). The van der Waals surface area contributed by atoms with Crippen LogP contribution in [0.3, 0.4) is 0 Å². The van der Waals surface area contributed by atoms with Crippen molar-refractivity contribution < 1.29 is 9.13 Å². The van der Waals surface area contributed by atoms with Crippen molar-refractivity contribution in [2.45, 2.75) is 12.3 Å². The number of hydrogen-bond donors (Lipinski definition) is 0. The number of pyridine rings is 1. The van der Waals surface area contributed by atoms with Crippen molar-refractivity contribution in [3.8, 4) is 11.6 Å². The summed E-state index contributed by atoms with van der Waals surface area (Å²) < 4.78 is 19.1. The molecular weight excluding hydrogens is 285 g/mol. The fourth-order valence-corrected chi connectivity index (χ4v) is 1.69. The van der Waals surface area contributed by atoms with Gasteiger partial charge in [-0.2, -0.15) is 0 Å². The van der Waals surface area contributed by atoms with Gasteiger partial charge in [-0.1, -0.05) is 34.1 Å². The number of alkyl halides is 1. The van der Waals surface area contributed by atoms with Crippen molar-refractivity contribution in [3.05, 3.63) is 53.5 Å². The molecule has 1 aromatic carbocycles. The Morgan fingerprint density at radius 1 is 1.29 bits per heavy atom. The molecule has 4 heteroatoms. The monoisotopic (exact) mass is 295 g/mol. The zero-order chi connectivity index (χ0) is 12.3. The molecule has 2 aromatic rings. The normalized spacial score (nSPS) is 10.3. The summed E-state index contributed by atoms with van der Waals surface area (Å²) in [5, 5.41) is 0.735. The van der Waals surface area contributed by atoms with Gasteiger partial charge in [0.1, 0.15) is 0 Å². The molecule has 17 heavy (non-hydrogen) atoms. The average Bonchev–Trinajstić information content (AvgIpc) is 2.36. The Kier molecular flexibility index (Phi) is 3.74. The number of hydrogen-bond acceptors (Lipinski definition) is 2. The molecule has 0 spiro atoms. The lowest BCUT2D eigenvalue weighted by molar-refractivity contribution is 0.425. The molecule has 0 amide bonds. The number of nitrogens with zero attached hydrogens (tertiary/aromatic N) is 1. The second kappa shape index (κ2) is 5.27. The first-order chi connectivity index (χ1) is 8.20. The molecule has 0 aliphatic heterocycles. The summed E-state index contributed by atoms with van der Waals surface area (Å²) in [6, 6.07) is 8.63. The number of rotatable bonds is 3. The van der Waals surface area contributed by atoms with Crippen LogP contribution in [0.1, 0.15) is 11.1 Å².